The number of hydrogen-bond donors (Lipinski definition) is 1. The van der Waals surface area contributed by atoms with Crippen LogP contribution in [-0.2, 0) is 5.41 Å². The van der Waals surface area contributed by atoms with Crippen LogP contribution < -0.4 is 0 Å². The summed E-state index contributed by atoms with van der Waals surface area (Å²) in [7, 11) is 0. The first-order valence-electron chi connectivity index (χ1n) is 7.86. The number of rotatable bonds is 3. The van der Waals surface area contributed by atoms with E-state index < -0.39 is 0 Å². The molecule has 5 rings (SSSR count). The molecule has 3 fully saturated rings. The standard InChI is InChI=1S/C17H19FN2O2/c18-13-3-1-12(2-4-13)14-19-15(22-20-14)17-8-5-16(11-21,6-9-17)7-10-17/h1-4,21H,5-11H2. The molecule has 3 aliphatic rings. The number of benzene rings is 1. The number of hydrogen-bond acceptors (Lipinski definition) is 4. The summed E-state index contributed by atoms with van der Waals surface area (Å²) in [5.74, 6) is 0.956. The van der Waals surface area contributed by atoms with Gasteiger partial charge in [0.25, 0.3) is 0 Å². The molecule has 1 N–H and O–H groups in total. The Balaban J connectivity index is 1.61. The Labute approximate surface area is 128 Å². The summed E-state index contributed by atoms with van der Waals surface area (Å²) in [6, 6.07) is 6.14. The summed E-state index contributed by atoms with van der Waals surface area (Å²) in [5, 5.41) is 13.7. The molecule has 3 aliphatic carbocycles. The second-order valence-corrected chi connectivity index (χ2v) is 6.87. The fourth-order valence-corrected chi connectivity index (χ4v) is 3.98. The van der Waals surface area contributed by atoms with E-state index in [9.17, 15) is 9.50 Å². The van der Waals surface area contributed by atoms with Crippen molar-refractivity contribution in [3.05, 3.63) is 36.0 Å². The molecule has 0 spiro atoms. The molecule has 1 heterocycles. The van der Waals surface area contributed by atoms with E-state index in [2.05, 4.69) is 10.1 Å². The second-order valence-electron chi connectivity index (χ2n) is 6.87. The molecule has 0 atom stereocenters. The Hall–Kier alpha value is -1.75. The lowest BCUT2D eigenvalue weighted by atomic mass is 9.54. The number of aromatic nitrogens is 2. The first-order valence-corrected chi connectivity index (χ1v) is 7.86. The van der Waals surface area contributed by atoms with E-state index in [1.807, 2.05) is 0 Å². The topological polar surface area (TPSA) is 59.2 Å². The highest BCUT2D eigenvalue weighted by Gasteiger charge is 2.51. The zero-order chi connectivity index (χ0) is 15.2. The third-order valence-corrected chi connectivity index (χ3v) is 5.72. The SMILES string of the molecule is OCC12CCC(c3nc(-c4ccc(F)cc4)no3)(CC1)CC2. The molecule has 0 saturated heterocycles. The molecule has 1 aromatic carbocycles. The minimum atomic E-state index is -0.272. The lowest BCUT2D eigenvalue weighted by Crippen LogP contribution is -2.46. The van der Waals surface area contributed by atoms with Crippen molar-refractivity contribution in [1.82, 2.24) is 10.1 Å². The van der Waals surface area contributed by atoms with Crippen molar-refractivity contribution in [2.75, 3.05) is 6.61 Å². The van der Waals surface area contributed by atoms with Gasteiger partial charge < -0.3 is 9.63 Å². The number of aliphatic hydroxyl groups excluding tert-OH is 1. The van der Waals surface area contributed by atoms with Gasteiger partial charge >= 0.3 is 0 Å². The van der Waals surface area contributed by atoms with E-state index in [-0.39, 0.29) is 23.3 Å². The van der Waals surface area contributed by atoms with Crippen LogP contribution in [0.25, 0.3) is 11.4 Å². The van der Waals surface area contributed by atoms with Gasteiger partial charge in [-0.3, -0.25) is 0 Å². The molecule has 3 saturated carbocycles. The minimum Gasteiger partial charge on any atom is -0.396 e. The van der Waals surface area contributed by atoms with Gasteiger partial charge in [0, 0.05) is 17.6 Å². The van der Waals surface area contributed by atoms with Gasteiger partial charge in [0.15, 0.2) is 0 Å². The summed E-state index contributed by atoms with van der Waals surface area (Å²) in [6.45, 7) is 0.285. The highest BCUT2D eigenvalue weighted by Crippen LogP contribution is 2.57. The largest absolute Gasteiger partial charge is 0.396 e. The number of fused-ring (bicyclic) bond motifs is 3. The van der Waals surface area contributed by atoms with E-state index in [1.54, 1.807) is 12.1 Å². The predicted octanol–water partition coefficient (Wildman–Crippen LogP) is 3.46. The van der Waals surface area contributed by atoms with E-state index in [4.69, 9.17) is 4.52 Å². The summed E-state index contributed by atoms with van der Waals surface area (Å²) < 4.78 is 18.6. The zero-order valence-corrected chi connectivity index (χ0v) is 12.4. The Morgan fingerprint density at radius 2 is 1.68 bits per heavy atom. The number of halogens is 1. The molecule has 2 bridgehead atoms. The van der Waals surface area contributed by atoms with Crippen molar-refractivity contribution in [2.45, 2.75) is 43.9 Å². The smallest absolute Gasteiger partial charge is 0.233 e. The Bertz CT molecular complexity index is 656. The van der Waals surface area contributed by atoms with Crippen molar-refractivity contribution < 1.29 is 14.0 Å². The Morgan fingerprint density at radius 1 is 1.05 bits per heavy atom. The lowest BCUT2D eigenvalue weighted by Gasteiger charge is -2.51. The van der Waals surface area contributed by atoms with Crippen molar-refractivity contribution in [3.63, 3.8) is 0 Å². The first-order chi connectivity index (χ1) is 10.6. The maximum Gasteiger partial charge on any atom is 0.233 e. The first kappa shape index (κ1) is 13.9. The van der Waals surface area contributed by atoms with Crippen LogP contribution in [0.3, 0.4) is 0 Å². The van der Waals surface area contributed by atoms with Gasteiger partial charge in [-0.25, -0.2) is 4.39 Å². The highest BCUT2D eigenvalue weighted by atomic mass is 19.1. The van der Waals surface area contributed by atoms with Crippen LogP contribution in [0.1, 0.15) is 44.4 Å². The van der Waals surface area contributed by atoms with Crippen molar-refractivity contribution >= 4 is 0 Å². The van der Waals surface area contributed by atoms with Crippen LogP contribution in [-0.4, -0.2) is 21.9 Å². The van der Waals surface area contributed by atoms with E-state index in [0.717, 1.165) is 44.1 Å². The molecule has 5 heteroatoms. The van der Waals surface area contributed by atoms with Gasteiger partial charge in [-0.15, -0.1) is 0 Å². The summed E-state index contributed by atoms with van der Waals surface area (Å²) in [6.07, 6.45) is 6.07. The van der Waals surface area contributed by atoms with Crippen LogP contribution in [0, 0.1) is 11.2 Å². The average Bonchev–Trinajstić information content (AvgIpc) is 3.08. The van der Waals surface area contributed by atoms with Crippen molar-refractivity contribution in [2.24, 2.45) is 5.41 Å². The second kappa shape index (κ2) is 4.88. The molecule has 0 aliphatic heterocycles. The van der Waals surface area contributed by atoms with E-state index in [1.165, 1.54) is 12.1 Å². The number of aliphatic hydroxyl groups is 1. The molecule has 2 aromatic rings. The van der Waals surface area contributed by atoms with Crippen LogP contribution in [0.2, 0.25) is 0 Å². The lowest BCUT2D eigenvalue weighted by molar-refractivity contribution is -0.0175. The Morgan fingerprint density at radius 3 is 2.27 bits per heavy atom. The summed E-state index contributed by atoms with van der Waals surface area (Å²) >= 11 is 0. The molecule has 116 valence electrons. The minimum absolute atomic E-state index is 0.0256. The van der Waals surface area contributed by atoms with Crippen LogP contribution >= 0.6 is 0 Å². The average molecular weight is 302 g/mol. The monoisotopic (exact) mass is 302 g/mol. The highest BCUT2D eigenvalue weighted by molar-refractivity contribution is 5.53. The van der Waals surface area contributed by atoms with Gasteiger partial charge in [0.2, 0.25) is 11.7 Å². The fourth-order valence-electron chi connectivity index (χ4n) is 3.98. The maximum absolute atomic E-state index is 13.0. The molecular weight excluding hydrogens is 283 g/mol. The van der Waals surface area contributed by atoms with Crippen LogP contribution in [0.4, 0.5) is 4.39 Å². The normalized spacial score (nSPS) is 30.6. The molecule has 22 heavy (non-hydrogen) atoms. The summed E-state index contributed by atoms with van der Waals surface area (Å²) in [4.78, 5) is 4.59. The van der Waals surface area contributed by atoms with Crippen molar-refractivity contribution in [3.8, 4) is 11.4 Å². The fraction of sp³-hybridized carbons (Fsp3) is 0.529. The molecule has 0 unspecified atom stereocenters. The summed E-state index contributed by atoms with van der Waals surface area (Å²) in [5.41, 5.74) is 0.869. The molecule has 0 radical (unpaired) electrons. The van der Waals surface area contributed by atoms with Crippen LogP contribution in [0.15, 0.2) is 28.8 Å². The van der Waals surface area contributed by atoms with Gasteiger partial charge in [-0.2, -0.15) is 4.98 Å². The molecule has 0 amide bonds. The van der Waals surface area contributed by atoms with Gasteiger partial charge in [0.1, 0.15) is 5.82 Å². The number of nitrogens with zero attached hydrogens (tertiary/aromatic N) is 2. The quantitative estimate of drug-likeness (QED) is 0.943. The van der Waals surface area contributed by atoms with Gasteiger partial charge in [-0.1, -0.05) is 5.16 Å². The predicted molar refractivity (Wildman–Crippen MR) is 78.6 cm³/mol. The Kier molecular flexibility index (Phi) is 3.08. The molecule has 4 nitrogen and oxygen atoms in total. The molecule has 1 aromatic heterocycles. The zero-order valence-electron chi connectivity index (χ0n) is 12.4. The van der Waals surface area contributed by atoms with E-state index >= 15 is 0 Å². The molecular formula is C17H19FN2O2. The van der Waals surface area contributed by atoms with Crippen molar-refractivity contribution in [1.29, 1.82) is 0 Å². The third-order valence-electron chi connectivity index (χ3n) is 5.72. The van der Waals surface area contributed by atoms with Gasteiger partial charge in [0.05, 0.1) is 0 Å². The van der Waals surface area contributed by atoms with Gasteiger partial charge in [-0.05, 0) is 68.2 Å². The van der Waals surface area contributed by atoms with Crippen LogP contribution in [0.5, 0.6) is 0 Å². The van der Waals surface area contributed by atoms with E-state index in [0.29, 0.717) is 11.7 Å². The maximum atomic E-state index is 13.0. The third kappa shape index (κ3) is 2.07.